The lowest BCUT2D eigenvalue weighted by Crippen LogP contribution is -2.33. The molecule has 1 saturated carbocycles. The van der Waals surface area contributed by atoms with Gasteiger partial charge in [0, 0.05) is 24.5 Å². The molecule has 1 aliphatic rings. The zero-order valence-electron chi connectivity index (χ0n) is 10.6. The molecule has 0 bridgehead atoms. The van der Waals surface area contributed by atoms with Crippen molar-refractivity contribution in [3.63, 3.8) is 0 Å². The lowest BCUT2D eigenvalue weighted by molar-refractivity contribution is 0.0958. The van der Waals surface area contributed by atoms with E-state index in [0.29, 0.717) is 5.69 Å². The van der Waals surface area contributed by atoms with Crippen molar-refractivity contribution in [2.45, 2.75) is 32.2 Å². The van der Waals surface area contributed by atoms with Gasteiger partial charge in [0.2, 0.25) is 0 Å². The quantitative estimate of drug-likeness (QED) is 0.836. The van der Waals surface area contributed by atoms with Crippen molar-refractivity contribution < 1.29 is 4.79 Å². The number of carbonyl (C=O) groups excluding carboxylic acids is 1. The normalized spacial score (nSPS) is 15.5. The fraction of sp³-hybridized carbons (Fsp3) is 0.538. The van der Waals surface area contributed by atoms with Crippen molar-refractivity contribution in [1.29, 1.82) is 0 Å². The molecule has 0 spiro atoms. The molecule has 1 aliphatic carbocycles. The number of aromatic nitrogens is 1. The largest absolute Gasteiger partial charge is 0.380 e. The molecule has 0 atom stereocenters. The Balaban J connectivity index is 2.13. The van der Waals surface area contributed by atoms with E-state index in [4.69, 9.17) is 0 Å². The first-order valence-corrected chi connectivity index (χ1v) is 5.99. The minimum atomic E-state index is -0.155. The molecule has 0 aromatic carbocycles. The molecule has 0 aliphatic heterocycles. The van der Waals surface area contributed by atoms with E-state index in [0.717, 1.165) is 11.6 Å². The average Bonchev–Trinajstić information content (AvgIpc) is 3.11. The van der Waals surface area contributed by atoms with Crippen LogP contribution in [0.4, 0.5) is 5.69 Å². The summed E-state index contributed by atoms with van der Waals surface area (Å²) in [4.78, 5) is 15.5. The van der Waals surface area contributed by atoms with E-state index in [-0.39, 0.29) is 11.4 Å². The fourth-order valence-corrected chi connectivity index (χ4v) is 2.04. The number of pyridine rings is 1. The van der Waals surface area contributed by atoms with E-state index in [2.05, 4.69) is 29.5 Å². The molecule has 4 nitrogen and oxygen atoms in total. The van der Waals surface area contributed by atoms with Crippen LogP contribution in [0.15, 0.2) is 18.3 Å². The number of carbonyl (C=O) groups is 1. The number of hydrogen-bond donors (Lipinski definition) is 2. The zero-order chi connectivity index (χ0) is 12.5. The van der Waals surface area contributed by atoms with Gasteiger partial charge in [0.25, 0.3) is 5.91 Å². The minimum Gasteiger partial charge on any atom is -0.380 e. The van der Waals surface area contributed by atoms with E-state index in [1.54, 1.807) is 19.3 Å². The van der Waals surface area contributed by atoms with E-state index < -0.39 is 0 Å². The Morgan fingerprint density at radius 3 is 2.76 bits per heavy atom. The summed E-state index contributed by atoms with van der Waals surface area (Å²) < 4.78 is 0. The highest BCUT2D eigenvalue weighted by Gasteiger charge is 2.37. The lowest BCUT2D eigenvalue weighted by atomic mass is 9.98. The Morgan fingerprint density at radius 2 is 2.18 bits per heavy atom. The van der Waals surface area contributed by atoms with Crippen LogP contribution in [-0.4, -0.2) is 23.5 Å². The number of nitrogens with zero attached hydrogens (tertiary/aromatic N) is 1. The number of nitrogens with one attached hydrogen (secondary N) is 2. The van der Waals surface area contributed by atoms with E-state index in [9.17, 15) is 4.79 Å². The predicted molar refractivity (Wildman–Crippen MR) is 68.1 cm³/mol. The van der Waals surface area contributed by atoms with E-state index in [1.807, 2.05) is 6.07 Å². The maximum Gasteiger partial charge on any atom is 0.269 e. The molecule has 0 saturated heterocycles. The van der Waals surface area contributed by atoms with Gasteiger partial charge >= 0.3 is 0 Å². The summed E-state index contributed by atoms with van der Waals surface area (Å²) in [5, 5.41) is 6.06. The average molecular weight is 233 g/mol. The Labute approximate surface area is 102 Å². The summed E-state index contributed by atoms with van der Waals surface area (Å²) in [5.74, 6) is 0.581. The molecule has 92 valence electrons. The van der Waals surface area contributed by atoms with Crippen molar-refractivity contribution in [1.82, 2.24) is 10.3 Å². The molecule has 1 fully saturated rings. The summed E-state index contributed by atoms with van der Waals surface area (Å²) in [5.41, 5.74) is 1.49. The highest BCUT2D eigenvalue weighted by Crippen LogP contribution is 2.41. The standard InChI is InChI=1S/C13H19N3O/c1-13(2,9-4-5-9)16-10-6-7-15-11(8-10)12(17)14-3/h6-9H,4-5H2,1-3H3,(H,14,17)(H,15,16). The van der Waals surface area contributed by atoms with Crippen LogP contribution in [0.3, 0.4) is 0 Å². The van der Waals surface area contributed by atoms with Crippen molar-refractivity contribution in [2.24, 2.45) is 5.92 Å². The number of rotatable bonds is 4. The topological polar surface area (TPSA) is 54.0 Å². The monoisotopic (exact) mass is 233 g/mol. The highest BCUT2D eigenvalue weighted by atomic mass is 16.1. The summed E-state index contributed by atoms with van der Waals surface area (Å²) >= 11 is 0. The van der Waals surface area contributed by atoms with E-state index in [1.165, 1.54) is 12.8 Å². The van der Waals surface area contributed by atoms with Gasteiger partial charge in [0.1, 0.15) is 5.69 Å². The van der Waals surface area contributed by atoms with Gasteiger partial charge in [-0.2, -0.15) is 0 Å². The molecule has 17 heavy (non-hydrogen) atoms. The second kappa shape index (κ2) is 4.35. The number of hydrogen-bond acceptors (Lipinski definition) is 3. The second-order valence-electron chi connectivity index (χ2n) is 5.13. The third kappa shape index (κ3) is 2.75. The lowest BCUT2D eigenvalue weighted by Gasteiger charge is -2.27. The molecule has 1 aromatic rings. The Morgan fingerprint density at radius 1 is 1.47 bits per heavy atom. The molecule has 0 radical (unpaired) electrons. The van der Waals surface area contributed by atoms with Gasteiger partial charge in [0.15, 0.2) is 0 Å². The highest BCUT2D eigenvalue weighted by molar-refractivity contribution is 5.92. The predicted octanol–water partition coefficient (Wildman–Crippen LogP) is 2.04. The molecule has 4 heteroatoms. The van der Waals surface area contributed by atoms with Gasteiger partial charge in [-0.25, -0.2) is 0 Å². The first-order chi connectivity index (χ1) is 8.03. The van der Waals surface area contributed by atoms with Crippen molar-refractivity contribution in [3.05, 3.63) is 24.0 Å². The molecule has 1 amide bonds. The summed E-state index contributed by atoms with van der Waals surface area (Å²) in [6.45, 7) is 4.40. The van der Waals surface area contributed by atoms with Gasteiger partial charge in [-0.05, 0) is 44.7 Å². The fourth-order valence-electron chi connectivity index (χ4n) is 2.04. The molecular formula is C13H19N3O. The van der Waals surface area contributed by atoms with Gasteiger partial charge in [0.05, 0.1) is 0 Å². The minimum absolute atomic E-state index is 0.0846. The second-order valence-corrected chi connectivity index (χ2v) is 5.13. The molecule has 2 N–H and O–H groups in total. The smallest absolute Gasteiger partial charge is 0.269 e. The van der Waals surface area contributed by atoms with Crippen molar-refractivity contribution in [3.8, 4) is 0 Å². The Bertz CT molecular complexity index is 424. The maximum atomic E-state index is 11.5. The van der Waals surface area contributed by atoms with Crippen molar-refractivity contribution in [2.75, 3.05) is 12.4 Å². The van der Waals surface area contributed by atoms with Crippen molar-refractivity contribution >= 4 is 11.6 Å². The van der Waals surface area contributed by atoms with Crippen LogP contribution in [0.25, 0.3) is 0 Å². The van der Waals surface area contributed by atoms with Crippen LogP contribution in [0.5, 0.6) is 0 Å². The van der Waals surface area contributed by atoms with E-state index >= 15 is 0 Å². The maximum absolute atomic E-state index is 11.5. The number of anilines is 1. The van der Waals surface area contributed by atoms with Crippen LogP contribution in [0.2, 0.25) is 0 Å². The van der Waals surface area contributed by atoms with Crippen LogP contribution < -0.4 is 10.6 Å². The first kappa shape index (κ1) is 11.9. The summed E-state index contributed by atoms with van der Waals surface area (Å²) in [6.07, 6.45) is 4.23. The zero-order valence-corrected chi connectivity index (χ0v) is 10.6. The molecule has 1 aromatic heterocycles. The van der Waals surface area contributed by atoms with Gasteiger partial charge < -0.3 is 10.6 Å². The first-order valence-electron chi connectivity index (χ1n) is 5.99. The molecule has 2 rings (SSSR count). The van der Waals surface area contributed by atoms with Crippen LogP contribution >= 0.6 is 0 Å². The number of amides is 1. The van der Waals surface area contributed by atoms with Crippen LogP contribution in [-0.2, 0) is 0 Å². The van der Waals surface area contributed by atoms with Gasteiger partial charge in [-0.3, -0.25) is 9.78 Å². The summed E-state index contributed by atoms with van der Waals surface area (Å²) in [6, 6.07) is 3.69. The van der Waals surface area contributed by atoms with Crippen LogP contribution in [0.1, 0.15) is 37.2 Å². The van der Waals surface area contributed by atoms with Gasteiger partial charge in [-0.1, -0.05) is 0 Å². The SMILES string of the molecule is CNC(=O)c1cc(NC(C)(C)C2CC2)ccn1. The molecule has 0 unspecified atom stereocenters. The van der Waals surface area contributed by atoms with Gasteiger partial charge in [-0.15, -0.1) is 0 Å². The summed E-state index contributed by atoms with van der Waals surface area (Å²) in [7, 11) is 1.61. The Hall–Kier alpha value is -1.58. The molecular weight excluding hydrogens is 214 g/mol. The third-order valence-corrected chi connectivity index (χ3v) is 3.28. The van der Waals surface area contributed by atoms with Crippen LogP contribution in [0, 0.1) is 5.92 Å². The Kier molecular flexibility index (Phi) is 3.05. The third-order valence-electron chi connectivity index (χ3n) is 3.28. The molecule has 1 heterocycles.